The fourth-order valence-corrected chi connectivity index (χ4v) is 4.18. The van der Waals surface area contributed by atoms with Gasteiger partial charge in [0.2, 0.25) is 10.0 Å². The molecule has 0 aliphatic carbocycles. The normalized spacial score (nSPS) is 12.4. The maximum absolute atomic E-state index is 12.7. The summed E-state index contributed by atoms with van der Waals surface area (Å²) in [5.74, 6) is 0.231. The Morgan fingerprint density at radius 2 is 1.71 bits per heavy atom. The number of aryl methyl sites for hydroxylation is 2. The Labute approximate surface area is 185 Å². The molecule has 2 rings (SSSR count). The van der Waals surface area contributed by atoms with Crippen LogP contribution in [0.5, 0.6) is 0 Å². The van der Waals surface area contributed by atoms with Crippen LogP contribution < -0.4 is 15.8 Å². The zero-order valence-corrected chi connectivity index (χ0v) is 20.1. The van der Waals surface area contributed by atoms with Gasteiger partial charge in [-0.25, -0.2) is 18.1 Å². The zero-order valence-electron chi connectivity index (χ0n) is 16.9. The van der Waals surface area contributed by atoms with Gasteiger partial charge in [0.25, 0.3) is 0 Å². The molecule has 8 heteroatoms. The van der Waals surface area contributed by atoms with Crippen LogP contribution in [0, 0.1) is 13.8 Å². The van der Waals surface area contributed by atoms with Gasteiger partial charge in [0.05, 0.1) is 11.4 Å². The minimum Gasteiger partial charge on any atom is -0.370 e. The maximum atomic E-state index is 12.7. The van der Waals surface area contributed by atoms with Crippen molar-refractivity contribution in [1.82, 2.24) is 4.72 Å². The topological polar surface area (TPSA) is 96.6 Å². The highest BCUT2D eigenvalue weighted by atomic mass is 127. The Kier molecular flexibility index (Phi) is 8.45. The number of rotatable bonds is 5. The van der Waals surface area contributed by atoms with Gasteiger partial charge in [0.15, 0.2) is 5.96 Å². The predicted octanol–water partition coefficient (Wildman–Crippen LogP) is 3.93. The number of benzene rings is 2. The average molecular weight is 516 g/mol. The van der Waals surface area contributed by atoms with E-state index in [4.69, 9.17) is 5.73 Å². The molecular formula is C20H29IN4O2S. The molecule has 154 valence electrons. The molecule has 0 amide bonds. The van der Waals surface area contributed by atoms with Crippen molar-refractivity contribution in [2.45, 2.75) is 51.6 Å². The van der Waals surface area contributed by atoms with E-state index in [2.05, 4.69) is 15.0 Å². The van der Waals surface area contributed by atoms with Crippen LogP contribution in [-0.2, 0) is 16.6 Å². The highest BCUT2D eigenvalue weighted by Crippen LogP contribution is 2.19. The first-order valence-electron chi connectivity index (χ1n) is 8.74. The van der Waals surface area contributed by atoms with E-state index in [1.807, 2.05) is 32.0 Å². The fraction of sp³-hybridized carbons (Fsp3) is 0.350. The molecule has 2 aromatic rings. The van der Waals surface area contributed by atoms with Crippen LogP contribution in [0.1, 0.15) is 37.5 Å². The van der Waals surface area contributed by atoms with Crippen LogP contribution in [0.2, 0.25) is 0 Å². The fourth-order valence-electron chi connectivity index (χ4n) is 2.53. The number of nitrogens with zero attached hydrogens (tertiary/aromatic N) is 1. The Hall–Kier alpha value is -1.65. The van der Waals surface area contributed by atoms with Crippen molar-refractivity contribution in [3.63, 3.8) is 0 Å². The standard InChI is InChI=1S/C20H28N4O2S.HI/c1-14-10-11-17(12-15(14)2)23-19(21)22-13-16-8-6-7-9-18(16)27(25,26)24-20(3,4)5;/h6-12,24H,13H2,1-5H3,(H3,21,22,23);1H. The Bertz CT molecular complexity index is 951. The number of hydrogen-bond acceptors (Lipinski definition) is 3. The van der Waals surface area contributed by atoms with E-state index >= 15 is 0 Å². The molecule has 0 heterocycles. The smallest absolute Gasteiger partial charge is 0.241 e. The predicted molar refractivity (Wildman–Crippen MR) is 127 cm³/mol. The molecule has 0 aromatic heterocycles. The van der Waals surface area contributed by atoms with Crippen molar-refractivity contribution in [3.8, 4) is 0 Å². The van der Waals surface area contributed by atoms with Crippen molar-refractivity contribution < 1.29 is 8.42 Å². The van der Waals surface area contributed by atoms with E-state index in [1.165, 1.54) is 5.56 Å². The molecule has 0 fully saturated rings. The number of nitrogens with one attached hydrogen (secondary N) is 2. The number of anilines is 1. The van der Waals surface area contributed by atoms with Crippen molar-refractivity contribution in [2.75, 3.05) is 5.32 Å². The summed E-state index contributed by atoms with van der Waals surface area (Å²) < 4.78 is 28.0. The van der Waals surface area contributed by atoms with Crippen LogP contribution in [0.4, 0.5) is 5.69 Å². The number of sulfonamides is 1. The molecule has 0 spiro atoms. The largest absolute Gasteiger partial charge is 0.370 e. The monoisotopic (exact) mass is 516 g/mol. The zero-order chi connectivity index (χ0) is 20.2. The van der Waals surface area contributed by atoms with Gasteiger partial charge in [-0.1, -0.05) is 24.3 Å². The lowest BCUT2D eigenvalue weighted by atomic mass is 10.1. The molecule has 0 atom stereocenters. The second-order valence-electron chi connectivity index (χ2n) is 7.59. The summed E-state index contributed by atoms with van der Waals surface area (Å²) in [5.41, 5.74) is 9.18. The first kappa shape index (κ1) is 24.4. The third-order valence-electron chi connectivity index (χ3n) is 3.90. The second kappa shape index (κ2) is 9.71. The lowest BCUT2D eigenvalue weighted by Crippen LogP contribution is -2.40. The van der Waals surface area contributed by atoms with Crippen LogP contribution >= 0.6 is 24.0 Å². The lowest BCUT2D eigenvalue weighted by molar-refractivity contribution is 0.491. The quantitative estimate of drug-likeness (QED) is 0.319. The van der Waals surface area contributed by atoms with Gasteiger partial charge in [-0.05, 0) is 69.5 Å². The summed E-state index contributed by atoms with van der Waals surface area (Å²) in [5, 5.41) is 3.04. The summed E-state index contributed by atoms with van der Waals surface area (Å²) >= 11 is 0. The van der Waals surface area contributed by atoms with E-state index in [1.54, 1.807) is 45.0 Å². The SMILES string of the molecule is Cc1ccc(NC(N)=NCc2ccccc2S(=O)(=O)NC(C)(C)C)cc1C.I. The highest BCUT2D eigenvalue weighted by Gasteiger charge is 2.24. The molecule has 6 nitrogen and oxygen atoms in total. The number of hydrogen-bond donors (Lipinski definition) is 3. The lowest BCUT2D eigenvalue weighted by Gasteiger charge is -2.21. The summed E-state index contributed by atoms with van der Waals surface area (Å²) in [6.07, 6.45) is 0. The molecule has 28 heavy (non-hydrogen) atoms. The van der Waals surface area contributed by atoms with Crippen molar-refractivity contribution >= 4 is 45.6 Å². The van der Waals surface area contributed by atoms with Crippen LogP contribution in [-0.4, -0.2) is 19.9 Å². The molecular weight excluding hydrogens is 487 g/mol. The third-order valence-corrected chi connectivity index (χ3v) is 5.76. The van der Waals surface area contributed by atoms with Crippen LogP contribution in [0.15, 0.2) is 52.4 Å². The van der Waals surface area contributed by atoms with E-state index in [-0.39, 0.29) is 41.4 Å². The number of nitrogens with two attached hydrogens (primary N) is 1. The van der Waals surface area contributed by atoms with E-state index < -0.39 is 15.6 Å². The average Bonchev–Trinajstić information content (AvgIpc) is 2.54. The number of halogens is 1. The molecule has 0 aliphatic heterocycles. The third kappa shape index (κ3) is 7.06. The Morgan fingerprint density at radius 1 is 1.07 bits per heavy atom. The van der Waals surface area contributed by atoms with Crippen molar-refractivity contribution in [1.29, 1.82) is 0 Å². The molecule has 0 bridgehead atoms. The minimum atomic E-state index is -3.65. The second-order valence-corrected chi connectivity index (χ2v) is 9.24. The number of aliphatic imine (C=N–C) groups is 1. The van der Waals surface area contributed by atoms with Gasteiger partial charge < -0.3 is 11.1 Å². The maximum Gasteiger partial charge on any atom is 0.241 e. The Balaban J connectivity index is 0.00000392. The summed E-state index contributed by atoms with van der Waals surface area (Å²) in [7, 11) is -3.65. The molecule has 2 aromatic carbocycles. The molecule has 4 N–H and O–H groups in total. The number of guanidine groups is 1. The van der Waals surface area contributed by atoms with Crippen molar-refractivity contribution in [3.05, 3.63) is 59.2 Å². The summed E-state index contributed by atoms with van der Waals surface area (Å²) in [4.78, 5) is 4.51. The minimum absolute atomic E-state index is 0. The van der Waals surface area contributed by atoms with Crippen LogP contribution in [0.3, 0.4) is 0 Å². The molecule has 0 aliphatic rings. The summed E-state index contributed by atoms with van der Waals surface area (Å²) in [6, 6.07) is 12.7. The van der Waals surface area contributed by atoms with E-state index in [0.29, 0.717) is 5.56 Å². The molecule has 0 saturated carbocycles. The first-order chi connectivity index (χ1) is 12.5. The van der Waals surface area contributed by atoms with Gasteiger partial charge in [-0.2, -0.15) is 0 Å². The van der Waals surface area contributed by atoms with Crippen LogP contribution in [0.25, 0.3) is 0 Å². The first-order valence-corrected chi connectivity index (χ1v) is 10.2. The van der Waals surface area contributed by atoms with Gasteiger partial charge in [0, 0.05) is 11.2 Å². The Morgan fingerprint density at radius 3 is 2.32 bits per heavy atom. The van der Waals surface area contributed by atoms with Crippen molar-refractivity contribution in [2.24, 2.45) is 10.7 Å². The summed E-state index contributed by atoms with van der Waals surface area (Å²) in [6.45, 7) is 9.63. The van der Waals surface area contributed by atoms with E-state index in [9.17, 15) is 8.42 Å². The highest BCUT2D eigenvalue weighted by molar-refractivity contribution is 14.0. The molecule has 0 radical (unpaired) electrons. The van der Waals surface area contributed by atoms with Gasteiger partial charge in [-0.15, -0.1) is 24.0 Å². The van der Waals surface area contributed by atoms with E-state index in [0.717, 1.165) is 11.3 Å². The molecule has 0 saturated heterocycles. The van der Waals surface area contributed by atoms with Gasteiger partial charge in [-0.3, -0.25) is 0 Å². The van der Waals surface area contributed by atoms with Gasteiger partial charge in [0.1, 0.15) is 0 Å². The van der Waals surface area contributed by atoms with Gasteiger partial charge >= 0.3 is 0 Å². The molecule has 0 unspecified atom stereocenters.